The number of thiophene rings is 1. The van der Waals surface area contributed by atoms with Crippen molar-refractivity contribution in [3.05, 3.63) is 53.3 Å². The van der Waals surface area contributed by atoms with Crippen molar-refractivity contribution in [2.45, 2.75) is 19.4 Å². The fourth-order valence-electron chi connectivity index (χ4n) is 3.85. The number of anilines is 1. The lowest BCUT2D eigenvalue weighted by atomic mass is 10.0. The van der Waals surface area contributed by atoms with Gasteiger partial charge in [-0.25, -0.2) is 9.97 Å². The van der Waals surface area contributed by atoms with E-state index in [1.165, 1.54) is 21.3 Å². The molecule has 0 saturated carbocycles. The summed E-state index contributed by atoms with van der Waals surface area (Å²) in [6.07, 6.45) is 4.74. The topological polar surface area (TPSA) is 54.0 Å². The normalized spacial score (nSPS) is 18.0. The highest BCUT2D eigenvalue weighted by Gasteiger charge is 2.27. The summed E-state index contributed by atoms with van der Waals surface area (Å²) in [4.78, 5) is 17.2. The minimum absolute atomic E-state index is 0.265. The number of aryl methyl sites for hydroxylation is 1. The molecule has 5 rings (SSSR count). The van der Waals surface area contributed by atoms with Gasteiger partial charge < -0.3 is 14.6 Å². The van der Waals surface area contributed by atoms with Crippen LogP contribution in [0.15, 0.2) is 42.9 Å². The third kappa shape index (κ3) is 2.66. The van der Waals surface area contributed by atoms with Gasteiger partial charge in [0.15, 0.2) is 0 Å². The van der Waals surface area contributed by atoms with Crippen molar-refractivity contribution in [3.8, 4) is 0 Å². The number of fused-ring (bicyclic) bond motifs is 2. The molecule has 132 valence electrons. The number of H-pyrrole nitrogens is 1. The number of ether oxygens (including phenoxy) is 1. The molecule has 0 bridgehead atoms. The number of aromatic amines is 1. The maximum absolute atomic E-state index is 5.82. The SMILES string of the molecule is Cc1cc2c(N3CCOC[C@H]3Cc3c[nH]c4ccccc34)ncnc2s1. The Kier molecular flexibility index (Phi) is 3.87. The van der Waals surface area contributed by atoms with E-state index in [4.69, 9.17) is 4.74 Å². The van der Waals surface area contributed by atoms with E-state index in [0.717, 1.165) is 35.6 Å². The molecule has 1 atom stereocenters. The van der Waals surface area contributed by atoms with Crippen molar-refractivity contribution in [2.75, 3.05) is 24.7 Å². The summed E-state index contributed by atoms with van der Waals surface area (Å²) >= 11 is 1.72. The molecule has 26 heavy (non-hydrogen) atoms. The quantitative estimate of drug-likeness (QED) is 0.598. The average molecular weight is 364 g/mol. The van der Waals surface area contributed by atoms with E-state index in [1.807, 2.05) is 0 Å². The van der Waals surface area contributed by atoms with E-state index < -0.39 is 0 Å². The van der Waals surface area contributed by atoms with Gasteiger partial charge in [-0.05, 0) is 31.0 Å². The lowest BCUT2D eigenvalue weighted by molar-refractivity contribution is 0.0939. The van der Waals surface area contributed by atoms with Gasteiger partial charge in [0.05, 0.1) is 24.6 Å². The molecular formula is C20H20N4OS. The van der Waals surface area contributed by atoms with E-state index in [0.29, 0.717) is 6.61 Å². The van der Waals surface area contributed by atoms with Crippen LogP contribution < -0.4 is 4.90 Å². The van der Waals surface area contributed by atoms with Crippen LogP contribution in [0.5, 0.6) is 0 Å². The maximum atomic E-state index is 5.82. The Morgan fingerprint density at radius 1 is 1.27 bits per heavy atom. The summed E-state index contributed by atoms with van der Waals surface area (Å²) in [5.41, 5.74) is 2.51. The van der Waals surface area contributed by atoms with Crippen LogP contribution in [0.1, 0.15) is 10.4 Å². The summed E-state index contributed by atoms with van der Waals surface area (Å²) in [5.74, 6) is 1.03. The van der Waals surface area contributed by atoms with Crippen molar-refractivity contribution in [2.24, 2.45) is 0 Å². The molecular weight excluding hydrogens is 344 g/mol. The molecule has 1 saturated heterocycles. The highest BCUT2D eigenvalue weighted by atomic mass is 32.1. The van der Waals surface area contributed by atoms with Gasteiger partial charge in [0.2, 0.25) is 0 Å². The van der Waals surface area contributed by atoms with Crippen LogP contribution in [-0.4, -0.2) is 40.8 Å². The Morgan fingerprint density at radius 2 is 2.19 bits per heavy atom. The Balaban J connectivity index is 1.52. The first-order valence-electron chi connectivity index (χ1n) is 8.90. The zero-order valence-corrected chi connectivity index (χ0v) is 15.4. The summed E-state index contributed by atoms with van der Waals surface area (Å²) < 4.78 is 5.82. The molecule has 1 aliphatic heterocycles. The molecule has 0 spiro atoms. The fourth-order valence-corrected chi connectivity index (χ4v) is 4.69. The third-order valence-corrected chi connectivity index (χ3v) is 6.02. The van der Waals surface area contributed by atoms with E-state index >= 15 is 0 Å². The molecule has 3 aromatic heterocycles. The minimum atomic E-state index is 0.265. The standard InChI is InChI=1S/C20H20N4OS/c1-13-8-17-19(22-12-23-20(17)26-13)24-6-7-25-11-15(24)9-14-10-21-18-5-3-2-4-16(14)18/h2-5,8,10,12,15,21H,6-7,9,11H2,1H3/t15-/m1/s1. The number of hydrogen-bond acceptors (Lipinski definition) is 5. The smallest absolute Gasteiger partial charge is 0.141 e. The van der Waals surface area contributed by atoms with Gasteiger partial charge in [0.25, 0.3) is 0 Å². The molecule has 0 amide bonds. The predicted molar refractivity (Wildman–Crippen MR) is 106 cm³/mol. The van der Waals surface area contributed by atoms with Gasteiger partial charge in [0.1, 0.15) is 17.0 Å². The lowest BCUT2D eigenvalue weighted by Crippen LogP contribution is -2.47. The van der Waals surface area contributed by atoms with Crippen molar-refractivity contribution in [3.63, 3.8) is 0 Å². The monoisotopic (exact) mass is 364 g/mol. The summed E-state index contributed by atoms with van der Waals surface area (Å²) in [6.45, 7) is 4.43. The van der Waals surface area contributed by atoms with Gasteiger partial charge in [-0.2, -0.15) is 0 Å². The molecule has 4 heterocycles. The summed E-state index contributed by atoms with van der Waals surface area (Å²) in [7, 11) is 0. The molecule has 1 aliphatic rings. The van der Waals surface area contributed by atoms with Crippen LogP contribution in [0, 0.1) is 6.92 Å². The van der Waals surface area contributed by atoms with Crippen molar-refractivity contribution in [1.29, 1.82) is 0 Å². The fraction of sp³-hybridized carbons (Fsp3) is 0.300. The van der Waals surface area contributed by atoms with Gasteiger partial charge in [-0.3, -0.25) is 0 Å². The number of rotatable bonds is 3. The minimum Gasteiger partial charge on any atom is -0.377 e. The zero-order chi connectivity index (χ0) is 17.5. The Morgan fingerprint density at radius 3 is 3.15 bits per heavy atom. The second kappa shape index (κ2) is 6.37. The second-order valence-electron chi connectivity index (χ2n) is 6.76. The van der Waals surface area contributed by atoms with Gasteiger partial charge >= 0.3 is 0 Å². The molecule has 0 unspecified atom stereocenters. The lowest BCUT2D eigenvalue weighted by Gasteiger charge is -2.36. The molecule has 4 aromatic rings. The van der Waals surface area contributed by atoms with E-state index in [1.54, 1.807) is 17.7 Å². The summed E-state index contributed by atoms with van der Waals surface area (Å²) in [5, 5.41) is 2.44. The first-order chi connectivity index (χ1) is 12.8. The zero-order valence-electron chi connectivity index (χ0n) is 14.6. The van der Waals surface area contributed by atoms with E-state index in [-0.39, 0.29) is 6.04 Å². The Bertz CT molecular complexity index is 1070. The van der Waals surface area contributed by atoms with Crippen molar-refractivity contribution >= 4 is 38.3 Å². The van der Waals surface area contributed by atoms with Gasteiger partial charge in [-0.15, -0.1) is 11.3 Å². The Hall–Kier alpha value is -2.44. The van der Waals surface area contributed by atoms with E-state index in [9.17, 15) is 0 Å². The number of nitrogens with one attached hydrogen (secondary N) is 1. The van der Waals surface area contributed by atoms with Gasteiger partial charge in [-0.1, -0.05) is 18.2 Å². The molecule has 1 N–H and O–H groups in total. The van der Waals surface area contributed by atoms with Crippen LogP contribution in [-0.2, 0) is 11.2 Å². The number of aromatic nitrogens is 3. The number of hydrogen-bond donors (Lipinski definition) is 1. The van der Waals surface area contributed by atoms with Crippen LogP contribution in [0.2, 0.25) is 0 Å². The van der Waals surface area contributed by atoms with Crippen molar-refractivity contribution < 1.29 is 4.74 Å². The molecule has 1 aromatic carbocycles. The van der Waals surface area contributed by atoms with E-state index in [2.05, 4.69) is 63.3 Å². The maximum Gasteiger partial charge on any atom is 0.141 e. The average Bonchev–Trinajstić information content (AvgIpc) is 3.25. The predicted octanol–water partition coefficient (Wildman–Crippen LogP) is 3.93. The first-order valence-corrected chi connectivity index (χ1v) is 9.72. The molecule has 0 aliphatic carbocycles. The van der Waals surface area contributed by atoms with Gasteiger partial charge in [0, 0.05) is 28.5 Å². The largest absolute Gasteiger partial charge is 0.377 e. The molecule has 1 fully saturated rings. The van der Waals surface area contributed by atoms with Crippen LogP contribution in [0.4, 0.5) is 5.82 Å². The highest BCUT2D eigenvalue weighted by Crippen LogP contribution is 2.32. The third-order valence-electron chi connectivity index (χ3n) is 5.06. The molecule has 5 nitrogen and oxygen atoms in total. The first kappa shape index (κ1) is 15.8. The van der Waals surface area contributed by atoms with Crippen LogP contribution in [0.25, 0.3) is 21.1 Å². The number of para-hydroxylation sites is 1. The summed E-state index contributed by atoms with van der Waals surface area (Å²) in [6, 6.07) is 10.9. The van der Waals surface area contributed by atoms with Crippen molar-refractivity contribution in [1.82, 2.24) is 15.0 Å². The van der Waals surface area contributed by atoms with Crippen LogP contribution >= 0.6 is 11.3 Å². The molecule has 0 radical (unpaired) electrons. The van der Waals surface area contributed by atoms with Crippen LogP contribution in [0.3, 0.4) is 0 Å². The number of benzene rings is 1. The Labute approximate surface area is 155 Å². The molecule has 6 heteroatoms. The second-order valence-corrected chi connectivity index (χ2v) is 7.99. The number of nitrogens with zero attached hydrogens (tertiary/aromatic N) is 3. The highest BCUT2D eigenvalue weighted by molar-refractivity contribution is 7.18. The number of morpholine rings is 1.